The first kappa shape index (κ1) is 17.3. The summed E-state index contributed by atoms with van der Waals surface area (Å²) in [5.41, 5.74) is -0.223. The fourth-order valence-electron chi connectivity index (χ4n) is 2.87. The van der Waals surface area contributed by atoms with Crippen molar-refractivity contribution in [3.8, 4) is 0 Å². The van der Waals surface area contributed by atoms with Gasteiger partial charge in [0.2, 0.25) is 0 Å². The predicted octanol–water partition coefficient (Wildman–Crippen LogP) is 3.35. The molecular formula is C17H18F3N3O2. The molecule has 5 nitrogen and oxygen atoms in total. The molecule has 0 N–H and O–H groups in total. The summed E-state index contributed by atoms with van der Waals surface area (Å²) in [5, 5.41) is 0. The summed E-state index contributed by atoms with van der Waals surface area (Å²) in [6.45, 7) is 3.95. The Morgan fingerprint density at radius 2 is 1.96 bits per heavy atom. The minimum atomic E-state index is -4.39. The number of halogens is 3. The highest BCUT2D eigenvalue weighted by Gasteiger charge is 2.31. The lowest BCUT2D eigenvalue weighted by Crippen LogP contribution is -2.35. The summed E-state index contributed by atoms with van der Waals surface area (Å²) in [4.78, 5) is 20.1. The lowest BCUT2D eigenvalue weighted by molar-refractivity contribution is -0.137. The third kappa shape index (κ3) is 3.78. The molecule has 0 radical (unpaired) electrons. The van der Waals surface area contributed by atoms with Gasteiger partial charge in [0.1, 0.15) is 11.6 Å². The van der Waals surface area contributed by atoms with Crippen molar-refractivity contribution >= 4 is 11.7 Å². The van der Waals surface area contributed by atoms with E-state index in [1.165, 1.54) is 12.3 Å². The van der Waals surface area contributed by atoms with Gasteiger partial charge in [-0.3, -0.25) is 4.79 Å². The van der Waals surface area contributed by atoms with Crippen molar-refractivity contribution < 1.29 is 22.4 Å². The molecule has 0 spiro atoms. The quantitative estimate of drug-likeness (QED) is 0.831. The second-order valence-electron chi connectivity index (χ2n) is 5.93. The average Bonchev–Trinajstić information content (AvgIpc) is 2.86. The van der Waals surface area contributed by atoms with Gasteiger partial charge in [0.25, 0.3) is 5.91 Å². The zero-order valence-corrected chi connectivity index (χ0v) is 13.7. The van der Waals surface area contributed by atoms with Crippen LogP contribution >= 0.6 is 0 Å². The van der Waals surface area contributed by atoms with Gasteiger partial charge in [-0.05, 0) is 31.5 Å². The van der Waals surface area contributed by atoms with Crippen LogP contribution in [0.1, 0.15) is 28.1 Å². The topological polar surface area (TPSA) is 49.6 Å². The number of hydrogen-bond donors (Lipinski definition) is 0. The van der Waals surface area contributed by atoms with Crippen LogP contribution in [0.25, 0.3) is 0 Å². The number of hydrogen-bond acceptors (Lipinski definition) is 4. The predicted molar refractivity (Wildman–Crippen MR) is 85.4 cm³/mol. The first-order valence-electron chi connectivity index (χ1n) is 7.98. The molecule has 1 amide bonds. The zero-order valence-electron chi connectivity index (χ0n) is 13.7. The molecule has 2 aromatic heterocycles. The molecule has 0 aromatic carbocycles. The van der Waals surface area contributed by atoms with Gasteiger partial charge < -0.3 is 14.2 Å². The molecule has 1 fully saturated rings. The number of anilines is 1. The van der Waals surface area contributed by atoms with Gasteiger partial charge in [0, 0.05) is 32.4 Å². The zero-order chi connectivity index (χ0) is 18.0. The SMILES string of the molecule is Cc1occc1C(=O)N1CCCN(c2ccc(C(F)(F)F)cn2)CC1. The van der Waals surface area contributed by atoms with Crippen LogP contribution in [0.5, 0.6) is 0 Å². The molecule has 0 aliphatic carbocycles. The van der Waals surface area contributed by atoms with Crippen molar-refractivity contribution in [1.82, 2.24) is 9.88 Å². The highest BCUT2D eigenvalue weighted by Crippen LogP contribution is 2.29. The highest BCUT2D eigenvalue weighted by atomic mass is 19.4. The van der Waals surface area contributed by atoms with E-state index in [0.29, 0.717) is 49.7 Å². The Morgan fingerprint density at radius 1 is 1.16 bits per heavy atom. The lowest BCUT2D eigenvalue weighted by Gasteiger charge is -2.23. The smallest absolute Gasteiger partial charge is 0.417 e. The van der Waals surface area contributed by atoms with Crippen molar-refractivity contribution in [3.63, 3.8) is 0 Å². The molecule has 2 aromatic rings. The van der Waals surface area contributed by atoms with Gasteiger partial charge in [0.05, 0.1) is 17.4 Å². The molecule has 0 bridgehead atoms. The van der Waals surface area contributed by atoms with E-state index in [1.54, 1.807) is 17.9 Å². The summed E-state index contributed by atoms with van der Waals surface area (Å²) in [5.74, 6) is 0.978. The molecule has 1 saturated heterocycles. The number of amides is 1. The number of furan rings is 1. The summed E-state index contributed by atoms with van der Waals surface area (Å²) in [6, 6.07) is 4.06. The Morgan fingerprint density at radius 3 is 2.56 bits per heavy atom. The van der Waals surface area contributed by atoms with Crippen LogP contribution in [0, 0.1) is 6.92 Å². The minimum absolute atomic E-state index is 0.0894. The second-order valence-corrected chi connectivity index (χ2v) is 5.93. The lowest BCUT2D eigenvalue weighted by atomic mass is 10.2. The normalized spacial score (nSPS) is 16.0. The van der Waals surface area contributed by atoms with Gasteiger partial charge in [0.15, 0.2) is 0 Å². The summed E-state index contributed by atoms with van der Waals surface area (Å²) >= 11 is 0. The van der Waals surface area contributed by atoms with Crippen molar-refractivity contribution in [2.24, 2.45) is 0 Å². The summed E-state index contributed by atoms with van der Waals surface area (Å²) < 4.78 is 43.1. The molecule has 25 heavy (non-hydrogen) atoms. The Kier molecular flexibility index (Phi) is 4.69. The monoisotopic (exact) mass is 353 g/mol. The van der Waals surface area contributed by atoms with E-state index >= 15 is 0 Å². The largest absolute Gasteiger partial charge is 0.469 e. The van der Waals surface area contributed by atoms with Crippen LogP contribution in [-0.2, 0) is 6.18 Å². The molecular weight excluding hydrogens is 335 g/mol. The van der Waals surface area contributed by atoms with Crippen molar-refractivity contribution in [2.75, 3.05) is 31.1 Å². The van der Waals surface area contributed by atoms with Crippen LogP contribution in [0.2, 0.25) is 0 Å². The second kappa shape index (κ2) is 6.78. The fraction of sp³-hybridized carbons (Fsp3) is 0.412. The Hall–Kier alpha value is -2.51. The third-order valence-electron chi connectivity index (χ3n) is 4.27. The number of aryl methyl sites for hydroxylation is 1. The number of aromatic nitrogens is 1. The first-order chi connectivity index (χ1) is 11.9. The molecule has 134 valence electrons. The van der Waals surface area contributed by atoms with E-state index in [1.807, 2.05) is 4.90 Å². The van der Waals surface area contributed by atoms with Crippen molar-refractivity contribution in [2.45, 2.75) is 19.5 Å². The number of carbonyl (C=O) groups excluding carboxylic acids is 1. The van der Waals surface area contributed by atoms with Gasteiger partial charge in [-0.25, -0.2) is 4.98 Å². The Balaban J connectivity index is 1.67. The van der Waals surface area contributed by atoms with E-state index in [4.69, 9.17) is 4.42 Å². The molecule has 1 aliphatic rings. The van der Waals surface area contributed by atoms with Gasteiger partial charge in [-0.1, -0.05) is 0 Å². The maximum atomic E-state index is 12.6. The maximum absolute atomic E-state index is 12.6. The number of nitrogens with zero attached hydrogens (tertiary/aromatic N) is 3. The van der Waals surface area contributed by atoms with Crippen LogP contribution in [-0.4, -0.2) is 42.0 Å². The van der Waals surface area contributed by atoms with Crippen molar-refractivity contribution in [3.05, 3.63) is 47.5 Å². The molecule has 8 heteroatoms. The molecule has 3 heterocycles. The highest BCUT2D eigenvalue weighted by molar-refractivity contribution is 5.95. The molecule has 1 aliphatic heterocycles. The Labute approximate surface area is 143 Å². The molecule has 0 saturated carbocycles. The Bertz CT molecular complexity index is 740. The summed E-state index contributed by atoms with van der Waals surface area (Å²) in [6.07, 6.45) is -1.35. The van der Waals surface area contributed by atoms with E-state index in [2.05, 4.69) is 4.98 Å². The first-order valence-corrected chi connectivity index (χ1v) is 7.98. The van der Waals surface area contributed by atoms with Gasteiger partial charge >= 0.3 is 6.18 Å². The average molecular weight is 353 g/mol. The van der Waals surface area contributed by atoms with Crippen LogP contribution in [0.15, 0.2) is 35.1 Å². The number of carbonyl (C=O) groups is 1. The van der Waals surface area contributed by atoms with Gasteiger partial charge in [-0.2, -0.15) is 13.2 Å². The van der Waals surface area contributed by atoms with E-state index in [9.17, 15) is 18.0 Å². The van der Waals surface area contributed by atoms with E-state index in [-0.39, 0.29) is 5.91 Å². The fourth-order valence-corrected chi connectivity index (χ4v) is 2.87. The number of rotatable bonds is 2. The summed E-state index contributed by atoms with van der Waals surface area (Å²) in [7, 11) is 0. The maximum Gasteiger partial charge on any atom is 0.417 e. The van der Waals surface area contributed by atoms with Crippen LogP contribution in [0.3, 0.4) is 0 Å². The number of pyridine rings is 1. The minimum Gasteiger partial charge on any atom is -0.469 e. The molecule has 3 rings (SSSR count). The number of alkyl halides is 3. The van der Waals surface area contributed by atoms with Crippen molar-refractivity contribution in [1.29, 1.82) is 0 Å². The standard InChI is InChI=1S/C17H18F3N3O2/c1-12-14(5-10-25-12)16(24)23-7-2-6-22(8-9-23)15-4-3-13(11-21-15)17(18,19)20/h3-5,10-11H,2,6-9H2,1H3. The third-order valence-corrected chi connectivity index (χ3v) is 4.27. The van der Waals surface area contributed by atoms with E-state index in [0.717, 1.165) is 12.3 Å². The van der Waals surface area contributed by atoms with Gasteiger partial charge in [-0.15, -0.1) is 0 Å². The van der Waals surface area contributed by atoms with Crippen LogP contribution in [0.4, 0.5) is 19.0 Å². The molecule has 0 atom stereocenters. The van der Waals surface area contributed by atoms with E-state index < -0.39 is 11.7 Å². The van der Waals surface area contributed by atoms with Crippen LogP contribution < -0.4 is 4.90 Å². The molecule has 0 unspecified atom stereocenters.